The Morgan fingerprint density at radius 3 is 1.94 bits per heavy atom. The van der Waals surface area contributed by atoms with Crippen molar-refractivity contribution in [3.8, 4) is 11.5 Å². The fraction of sp³-hybridized carbons (Fsp3) is 0.130. The summed E-state index contributed by atoms with van der Waals surface area (Å²) in [5.74, 6) is -2.02. The molecule has 0 aliphatic rings. The van der Waals surface area contributed by atoms with Crippen LogP contribution in [0.1, 0.15) is 37.4 Å². The fourth-order valence-electron chi connectivity index (χ4n) is 2.98. The van der Waals surface area contributed by atoms with Crippen molar-refractivity contribution in [3.63, 3.8) is 0 Å². The first-order valence-electron chi connectivity index (χ1n) is 9.33. The summed E-state index contributed by atoms with van der Waals surface area (Å²) in [6, 6.07) is 11.7. The molecule has 0 saturated carbocycles. The number of esters is 2. The lowest BCUT2D eigenvalue weighted by Crippen LogP contribution is -2.16. The average molecular weight is 444 g/mol. The Labute approximate surface area is 181 Å². The van der Waals surface area contributed by atoms with E-state index in [1.165, 1.54) is 31.2 Å². The summed E-state index contributed by atoms with van der Waals surface area (Å²) in [4.78, 5) is 25.0. The summed E-state index contributed by atoms with van der Waals surface area (Å²) >= 11 is 0. The second kappa shape index (κ2) is 8.62. The van der Waals surface area contributed by atoms with E-state index in [1.54, 1.807) is 25.1 Å². The third kappa shape index (κ3) is 5.00. The van der Waals surface area contributed by atoms with Gasteiger partial charge in [-0.05, 0) is 79.6 Å². The molecular formula is C23H19F3N2O4. The van der Waals surface area contributed by atoms with E-state index in [4.69, 9.17) is 20.9 Å². The maximum absolute atomic E-state index is 13.2. The first-order chi connectivity index (χ1) is 15.0. The van der Waals surface area contributed by atoms with Gasteiger partial charge < -0.3 is 20.9 Å². The molecule has 0 bridgehead atoms. The Balaban J connectivity index is 1.81. The van der Waals surface area contributed by atoms with Gasteiger partial charge in [-0.2, -0.15) is 13.2 Å². The fourth-order valence-corrected chi connectivity index (χ4v) is 2.98. The Morgan fingerprint density at radius 1 is 0.750 bits per heavy atom. The molecule has 4 N–H and O–H groups in total. The van der Waals surface area contributed by atoms with Gasteiger partial charge in [-0.15, -0.1) is 0 Å². The summed E-state index contributed by atoms with van der Waals surface area (Å²) in [5.41, 5.74) is 11.5. The first kappa shape index (κ1) is 22.7. The zero-order chi connectivity index (χ0) is 23.6. The molecule has 0 spiro atoms. The molecule has 9 heteroatoms. The number of benzene rings is 3. The van der Waals surface area contributed by atoms with Crippen LogP contribution in [0, 0.1) is 13.8 Å². The Kier molecular flexibility index (Phi) is 6.11. The van der Waals surface area contributed by atoms with E-state index in [1.807, 2.05) is 0 Å². The highest BCUT2D eigenvalue weighted by molar-refractivity contribution is 5.96. The first-order valence-corrected chi connectivity index (χ1v) is 9.33. The molecule has 166 valence electrons. The normalized spacial score (nSPS) is 11.2. The van der Waals surface area contributed by atoms with Crippen molar-refractivity contribution in [1.82, 2.24) is 0 Å². The number of nitrogen functional groups attached to an aromatic ring is 2. The minimum atomic E-state index is -4.76. The SMILES string of the molecule is Cc1cc(N)ccc1OC(=O)c1ccc(C(=O)Oc2ccc(N)cc2C(F)(F)F)c(C)c1. The summed E-state index contributed by atoms with van der Waals surface area (Å²) < 4.78 is 50.0. The topological polar surface area (TPSA) is 105 Å². The number of carbonyl (C=O) groups is 2. The van der Waals surface area contributed by atoms with Crippen molar-refractivity contribution >= 4 is 23.3 Å². The van der Waals surface area contributed by atoms with Crippen LogP contribution in [0.2, 0.25) is 0 Å². The van der Waals surface area contributed by atoms with Crippen molar-refractivity contribution in [2.45, 2.75) is 20.0 Å². The predicted octanol–water partition coefficient (Wildman–Crippen LogP) is 4.93. The van der Waals surface area contributed by atoms with Gasteiger partial charge in [0.05, 0.1) is 11.1 Å². The molecule has 0 saturated heterocycles. The molecule has 32 heavy (non-hydrogen) atoms. The van der Waals surface area contributed by atoms with Crippen molar-refractivity contribution in [3.05, 3.63) is 82.4 Å². The third-order valence-corrected chi connectivity index (χ3v) is 4.60. The molecule has 0 atom stereocenters. The monoisotopic (exact) mass is 444 g/mol. The highest BCUT2D eigenvalue weighted by Gasteiger charge is 2.35. The van der Waals surface area contributed by atoms with Gasteiger partial charge in [0.1, 0.15) is 17.1 Å². The van der Waals surface area contributed by atoms with E-state index in [9.17, 15) is 22.8 Å². The molecule has 0 aliphatic heterocycles. The second-order valence-corrected chi connectivity index (χ2v) is 7.09. The van der Waals surface area contributed by atoms with Gasteiger partial charge in [0, 0.05) is 11.4 Å². The second-order valence-electron chi connectivity index (χ2n) is 7.09. The highest BCUT2D eigenvalue weighted by atomic mass is 19.4. The van der Waals surface area contributed by atoms with Crippen LogP contribution in [0.5, 0.6) is 11.5 Å². The van der Waals surface area contributed by atoms with Crippen LogP contribution in [0.3, 0.4) is 0 Å². The van der Waals surface area contributed by atoms with E-state index in [2.05, 4.69) is 0 Å². The Bertz CT molecular complexity index is 1210. The standard InChI is InChI=1S/C23H19F3N2O4/c1-12-9-14(21(29)31-19-7-4-15(27)10-13(19)2)3-6-17(12)22(30)32-20-8-5-16(28)11-18(20)23(24,25)26/h3-11H,27-28H2,1-2H3. The van der Waals surface area contributed by atoms with Gasteiger partial charge in [-0.3, -0.25) is 0 Å². The Hall–Kier alpha value is -4.01. The van der Waals surface area contributed by atoms with Crippen LogP contribution < -0.4 is 20.9 Å². The van der Waals surface area contributed by atoms with Crippen molar-refractivity contribution in [2.75, 3.05) is 11.5 Å². The lowest BCUT2D eigenvalue weighted by atomic mass is 10.0. The van der Waals surface area contributed by atoms with Crippen LogP contribution in [0.15, 0.2) is 54.6 Å². The Morgan fingerprint density at radius 2 is 1.34 bits per heavy atom. The molecule has 0 radical (unpaired) electrons. The van der Waals surface area contributed by atoms with E-state index in [0.29, 0.717) is 28.6 Å². The van der Waals surface area contributed by atoms with Crippen molar-refractivity contribution < 1.29 is 32.2 Å². The van der Waals surface area contributed by atoms with Crippen LogP contribution >= 0.6 is 0 Å². The number of halogens is 3. The molecule has 0 unspecified atom stereocenters. The minimum absolute atomic E-state index is 0.00448. The highest BCUT2D eigenvalue weighted by Crippen LogP contribution is 2.37. The summed E-state index contributed by atoms with van der Waals surface area (Å²) in [7, 11) is 0. The van der Waals surface area contributed by atoms with E-state index >= 15 is 0 Å². The zero-order valence-corrected chi connectivity index (χ0v) is 17.1. The van der Waals surface area contributed by atoms with E-state index in [-0.39, 0.29) is 16.8 Å². The molecule has 0 heterocycles. The number of carbonyl (C=O) groups excluding carboxylic acids is 2. The number of alkyl halides is 3. The lowest BCUT2D eigenvalue weighted by molar-refractivity contribution is -0.138. The molecular weight excluding hydrogens is 425 g/mol. The minimum Gasteiger partial charge on any atom is -0.423 e. The average Bonchev–Trinajstić information content (AvgIpc) is 2.70. The molecule has 0 fully saturated rings. The molecule has 3 aromatic rings. The van der Waals surface area contributed by atoms with Gasteiger partial charge in [0.15, 0.2) is 0 Å². The van der Waals surface area contributed by atoms with Crippen LogP contribution in [-0.4, -0.2) is 11.9 Å². The number of hydrogen-bond donors (Lipinski definition) is 2. The number of hydrogen-bond acceptors (Lipinski definition) is 6. The van der Waals surface area contributed by atoms with Gasteiger partial charge in [-0.1, -0.05) is 0 Å². The maximum Gasteiger partial charge on any atom is 0.420 e. The summed E-state index contributed by atoms with van der Waals surface area (Å²) in [6.07, 6.45) is -4.76. The van der Waals surface area contributed by atoms with Gasteiger partial charge in [0.25, 0.3) is 0 Å². The van der Waals surface area contributed by atoms with Crippen LogP contribution in [-0.2, 0) is 6.18 Å². The smallest absolute Gasteiger partial charge is 0.420 e. The number of anilines is 2. The van der Waals surface area contributed by atoms with Crippen LogP contribution in [0.4, 0.5) is 24.5 Å². The molecule has 3 rings (SSSR count). The summed E-state index contributed by atoms with van der Waals surface area (Å²) in [6.45, 7) is 3.26. The lowest BCUT2D eigenvalue weighted by Gasteiger charge is -2.14. The molecule has 3 aromatic carbocycles. The number of ether oxygens (including phenoxy) is 2. The molecule has 0 amide bonds. The van der Waals surface area contributed by atoms with Gasteiger partial charge in [-0.25, -0.2) is 9.59 Å². The van der Waals surface area contributed by atoms with Crippen LogP contribution in [0.25, 0.3) is 0 Å². The zero-order valence-electron chi connectivity index (χ0n) is 17.1. The number of aryl methyl sites for hydroxylation is 2. The van der Waals surface area contributed by atoms with Gasteiger partial charge >= 0.3 is 18.1 Å². The quantitative estimate of drug-likeness (QED) is 0.336. The maximum atomic E-state index is 13.2. The van der Waals surface area contributed by atoms with E-state index in [0.717, 1.165) is 6.07 Å². The molecule has 0 aromatic heterocycles. The molecule has 6 nitrogen and oxygen atoms in total. The van der Waals surface area contributed by atoms with E-state index < -0.39 is 29.4 Å². The predicted molar refractivity (Wildman–Crippen MR) is 113 cm³/mol. The van der Waals surface area contributed by atoms with Crippen molar-refractivity contribution in [1.29, 1.82) is 0 Å². The largest absolute Gasteiger partial charge is 0.423 e. The third-order valence-electron chi connectivity index (χ3n) is 4.60. The molecule has 0 aliphatic carbocycles. The number of rotatable bonds is 4. The van der Waals surface area contributed by atoms with Crippen molar-refractivity contribution in [2.24, 2.45) is 0 Å². The van der Waals surface area contributed by atoms with Gasteiger partial charge in [0.2, 0.25) is 0 Å². The number of nitrogens with two attached hydrogens (primary N) is 2. The summed E-state index contributed by atoms with van der Waals surface area (Å²) in [5, 5.41) is 0.